The van der Waals surface area contributed by atoms with Gasteiger partial charge in [-0.3, -0.25) is 0 Å². The topological polar surface area (TPSA) is 141 Å². The van der Waals surface area contributed by atoms with Gasteiger partial charge in [0.05, 0.1) is 41.8 Å². The van der Waals surface area contributed by atoms with Gasteiger partial charge in [-0.05, 0) is 77.8 Å². The van der Waals surface area contributed by atoms with E-state index in [-0.39, 0.29) is 13.2 Å². The zero-order valence-electron chi connectivity index (χ0n) is 29.2. The lowest BCUT2D eigenvalue weighted by Gasteiger charge is -2.54. The van der Waals surface area contributed by atoms with Crippen molar-refractivity contribution in [3.05, 3.63) is 70.6 Å². The number of fused-ring (bicyclic) bond motifs is 5. The van der Waals surface area contributed by atoms with Crippen LogP contribution >= 0.6 is 12.6 Å². The minimum atomic E-state index is -1.80. The molecule has 7 rings (SSSR count). The maximum absolute atomic E-state index is 14.3. The monoisotopic (exact) mass is 678 g/mol. The minimum Gasteiger partial charge on any atom is -0.451 e. The van der Waals surface area contributed by atoms with Crippen molar-refractivity contribution in [2.24, 2.45) is 28.4 Å². The number of aliphatic hydroxyl groups is 2. The number of aliphatic hydroxyl groups excluding tert-OH is 1. The fourth-order valence-corrected chi connectivity index (χ4v) is 11.0. The molecule has 2 heterocycles. The third-order valence-corrected chi connectivity index (χ3v) is 14.1. The second kappa shape index (κ2) is 10.7. The predicted molar refractivity (Wildman–Crippen MR) is 185 cm³/mol. The van der Waals surface area contributed by atoms with Crippen LogP contribution in [0.2, 0.25) is 0 Å². The molecule has 260 valence electrons. The Bertz CT molecular complexity index is 1720. The Morgan fingerprint density at radius 1 is 1.15 bits per heavy atom. The SMILES string of the molecule is CNC1CC2(S)C(C)(C)C2(N)C2C=C3COC(C)(C)OCCC3C3(O)C(OC(=O)c4c(C)nn(-c5ccccc5)c4C)C(C)=CC13C2O. The first kappa shape index (κ1) is 34.0. The first-order valence-corrected chi connectivity index (χ1v) is 17.5. The number of nitrogens with zero attached hydrogens (tertiary/aromatic N) is 2. The van der Waals surface area contributed by atoms with Crippen LogP contribution in [0, 0.1) is 36.5 Å². The summed E-state index contributed by atoms with van der Waals surface area (Å²) in [5.74, 6) is -2.61. The molecule has 5 N–H and O–H groups in total. The van der Waals surface area contributed by atoms with Gasteiger partial charge in [0, 0.05) is 33.6 Å². The summed E-state index contributed by atoms with van der Waals surface area (Å²) < 4.78 is 20.0. The maximum Gasteiger partial charge on any atom is 0.342 e. The molecule has 1 aromatic carbocycles. The number of esters is 1. The summed E-state index contributed by atoms with van der Waals surface area (Å²) in [6, 6.07) is 9.15. The fourth-order valence-electron chi connectivity index (χ4n) is 10.3. The number of aromatic nitrogens is 2. The molecule has 2 bridgehead atoms. The van der Waals surface area contributed by atoms with Crippen LogP contribution in [0.5, 0.6) is 0 Å². The van der Waals surface area contributed by atoms with Crippen molar-refractivity contribution in [1.82, 2.24) is 15.1 Å². The van der Waals surface area contributed by atoms with Gasteiger partial charge in [-0.1, -0.05) is 44.2 Å². The van der Waals surface area contributed by atoms with Crippen LogP contribution in [0.15, 0.2) is 53.6 Å². The summed E-state index contributed by atoms with van der Waals surface area (Å²) in [7, 11) is 1.84. The van der Waals surface area contributed by atoms with Gasteiger partial charge >= 0.3 is 5.97 Å². The highest BCUT2D eigenvalue weighted by Gasteiger charge is 2.87. The highest BCUT2D eigenvalue weighted by molar-refractivity contribution is 7.82. The van der Waals surface area contributed by atoms with E-state index in [4.69, 9.17) is 32.6 Å². The maximum atomic E-state index is 14.3. The van der Waals surface area contributed by atoms with E-state index >= 15 is 0 Å². The number of hydrogen-bond donors (Lipinski definition) is 5. The zero-order chi connectivity index (χ0) is 34.8. The number of aryl methyl sites for hydroxylation is 1. The molecule has 0 amide bonds. The van der Waals surface area contributed by atoms with Crippen LogP contribution in [0.3, 0.4) is 0 Å². The van der Waals surface area contributed by atoms with Gasteiger partial charge in [0.15, 0.2) is 11.9 Å². The lowest BCUT2D eigenvalue weighted by Crippen LogP contribution is -2.69. The second-order valence-corrected chi connectivity index (χ2v) is 16.5. The minimum absolute atomic E-state index is 0.154. The molecular formula is C37H50N4O6S. The Hall–Kier alpha value is -2.51. The van der Waals surface area contributed by atoms with Crippen LogP contribution < -0.4 is 11.1 Å². The average molecular weight is 679 g/mol. The van der Waals surface area contributed by atoms with Gasteiger partial charge in [0.2, 0.25) is 0 Å². The van der Waals surface area contributed by atoms with Gasteiger partial charge in [0.1, 0.15) is 11.2 Å². The number of rotatable bonds is 4. The summed E-state index contributed by atoms with van der Waals surface area (Å²) in [6.07, 6.45) is 2.66. The second-order valence-electron chi connectivity index (χ2n) is 15.7. The van der Waals surface area contributed by atoms with Crippen molar-refractivity contribution in [2.75, 3.05) is 20.3 Å². The lowest BCUT2D eigenvalue weighted by atomic mass is 9.57. The molecule has 2 saturated carbocycles. The van der Waals surface area contributed by atoms with Crippen molar-refractivity contribution >= 4 is 18.6 Å². The van der Waals surface area contributed by atoms with Crippen molar-refractivity contribution in [2.45, 2.75) is 101 Å². The molecule has 1 aromatic heterocycles. The Morgan fingerprint density at radius 3 is 2.50 bits per heavy atom. The van der Waals surface area contributed by atoms with Crippen LogP contribution in [-0.2, 0) is 14.2 Å². The molecule has 1 spiro atoms. The first-order chi connectivity index (χ1) is 22.4. The Labute approximate surface area is 288 Å². The van der Waals surface area contributed by atoms with E-state index in [0.717, 1.165) is 11.3 Å². The molecule has 4 aliphatic carbocycles. The molecule has 10 nitrogen and oxygen atoms in total. The molecule has 5 aliphatic rings. The molecule has 2 aromatic rings. The van der Waals surface area contributed by atoms with Crippen LogP contribution in [0.4, 0.5) is 0 Å². The first-order valence-electron chi connectivity index (χ1n) is 17.0. The Morgan fingerprint density at radius 2 is 1.83 bits per heavy atom. The van der Waals surface area contributed by atoms with Gasteiger partial charge in [-0.2, -0.15) is 17.7 Å². The predicted octanol–water partition coefficient (Wildman–Crippen LogP) is 3.80. The molecule has 3 fully saturated rings. The van der Waals surface area contributed by atoms with Crippen molar-refractivity contribution < 1.29 is 29.2 Å². The summed E-state index contributed by atoms with van der Waals surface area (Å²) in [4.78, 5) is 14.3. The molecule has 9 unspecified atom stereocenters. The number of hydrogen-bond acceptors (Lipinski definition) is 10. The Balaban J connectivity index is 1.38. The van der Waals surface area contributed by atoms with Crippen molar-refractivity contribution in [3.63, 3.8) is 0 Å². The van der Waals surface area contributed by atoms with Crippen LogP contribution in [0.1, 0.15) is 69.2 Å². The van der Waals surface area contributed by atoms with Crippen molar-refractivity contribution in [1.29, 1.82) is 0 Å². The molecular weight excluding hydrogens is 628 g/mol. The molecule has 11 heteroatoms. The number of carbonyl (C=O) groups is 1. The highest BCUT2D eigenvalue weighted by Crippen LogP contribution is 2.77. The van der Waals surface area contributed by atoms with Gasteiger partial charge < -0.3 is 35.5 Å². The number of carbonyl (C=O) groups excluding carboxylic acids is 1. The lowest BCUT2D eigenvalue weighted by molar-refractivity contribution is -0.234. The molecule has 1 saturated heterocycles. The molecule has 9 atom stereocenters. The normalized spacial score (nSPS) is 40.9. The smallest absolute Gasteiger partial charge is 0.342 e. The fraction of sp³-hybridized carbons (Fsp3) is 0.622. The summed E-state index contributed by atoms with van der Waals surface area (Å²) >= 11 is 5.29. The van der Waals surface area contributed by atoms with Crippen LogP contribution in [-0.4, -0.2) is 86.1 Å². The van der Waals surface area contributed by atoms with Crippen molar-refractivity contribution in [3.8, 4) is 5.69 Å². The number of para-hydroxylation sites is 1. The van der Waals surface area contributed by atoms with E-state index in [0.29, 0.717) is 35.4 Å². The molecule has 48 heavy (non-hydrogen) atoms. The number of benzene rings is 1. The average Bonchev–Trinajstić information content (AvgIpc) is 3.21. The Kier molecular flexibility index (Phi) is 7.60. The van der Waals surface area contributed by atoms with Crippen LogP contribution in [0.25, 0.3) is 5.69 Å². The van der Waals surface area contributed by atoms with E-state index < -0.39 is 68.6 Å². The number of ether oxygens (including phenoxy) is 3. The van der Waals surface area contributed by atoms with E-state index in [9.17, 15) is 15.0 Å². The zero-order valence-corrected chi connectivity index (χ0v) is 30.1. The summed E-state index contributed by atoms with van der Waals surface area (Å²) in [5.41, 5.74) is 6.77. The third-order valence-electron chi connectivity index (χ3n) is 13.0. The van der Waals surface area contributed by atoms with E-state index in [1.807, 2.05) is 77.2 Å². The summed E-state index contributed by atoms with van der Waals surface area (Å²) in [6.45, 7) is 13.9. The van der Waals surface area contributed by atoms with E-state index in [1.54, 1.807) is 11.6 Å². The van der Waals surface area contributed by atoms with Gasteiger partial charge in [0.25, 0.3) is 0 Å². The quantitative estimate of drug-likeness (QED) is 0.186. The number of nitrogens with two attached hydrogens (primary N) is 1. The molecule has 1 aliphatic heterocycles. The number of nitrogens with one attached hydrogen (secondary N) is 1. The van der Waals surface area contributed by atoms with E-state index in [1.165, 1.54) is 0 Å². The molecule has 0 radical (unpaired) electrons. The van der Waals surface area contributed by atoms with Gasteiger partial charge in [-0.25, -0.2) is 9.48 Å². The van der Waals surface area contributed by atoms with E-state index in [2.05, 4.69) is 24.3 Å². The van der Waals surface area contributed by atoms with Gasteiger partial charge in [-0.15, -0.1) is 0 Å². The standard InChI is InChI=1S/C37H50N4O6S/c1-20-17-34-27(39-8)18-35(48)32(4,5)37(35,38)26(29(34)42)16-23-19-46-33(6,7)45-15-14-25(23)36(34,44)30(20)47-31(43)28-21(2)40-41(22(28)3)24-12-10-9-11-13-24/h9-13,16-17,25-27,29-30,39,42,44,48H,14-15,18-19,38H2,1-8H3. The summed E-state index contributed by atoms with van der Waals surface area (Å²) in [5, 5.41) is 34.7. The third kappa shape index (κ3) is 4.09. The largest absolute Gasteiger partial charge is 0.451 e. The number of thiol groups is 1. The highest BCUT2D eigenvalue weighted by atomic mass is 32.1.